The van der Waals surface area contributed by atoms with Crippen molar-refractivity contribution in [3.8, 4) is 0 Å². The van der Waals surface area contributed by atoms with Crippen LogP contribution in [0, 0.1) is 0 Å². The molecule has 33 heavy (non-hydrogen) atoms. The summed E-state index contributed by atoms with van der Waals surface area (Å²) in [6.07, 6.45) is 6.62. The smallest absolute Gasteiger partial charge is 0.407 e. The molecule has 0 fully saturated rings. The van der Waals surface area contributed by atoms with E-state index in [0.717, 1.165) is 42.8 Å². The Morgan fingerprint density at radius 3 is 2.64 bits per heavy atom. The van der Waals surface area contributed by atoms with Crippen molar-refractivity contribution in [2.24, 2.45) is 16.5 Å². The molecule has 13 heteroatoms. The van der Waals surface area contributed by atoms with Crippen LogP contribution in [0.5, 0.6) is 0 Å². The van der Waals surface area contributed by atoms with Gasteiger partial charge in [0.25, 0.3) is 0 Å². The van der Waals surface area contributed by atoms with Crippen LogP contribution in [0.15, 0.2) is 17.6 Å². The molecule has 182 valence electrons. The quantitative estimate of drug-likeness (QED) is 0.176. The molecule has 0 aliphatic carbocycles. The second-order valence-electron chi connectivity index (χ2n) is 7.74. The van der Waals surface area contributed by atoms with Crippen LogP contribution in [-0.4, -0.2) is 75.9 Å². The van der Waals surface area contributed by atoms with E-state index < -0.39 is 18.1 Å². The summed E-state index contributed by atoms with van der Waals surface area (Å²) in [4.78, 5) is 41.8. The van der Waals surface area contributed by atoms with Gasteiger partial charge in [0.15, 0.2) is 22.9 Å². The zero-order valence-corrected chi connectivity index (χ0v) is 19.1. The first-order valence-electron chi connectivity index (χ1n) is 10.8. The molecule has 0 aliphatic heterocycles. The molecule has 0 aromatic carbocycles. The minimum absolute atomic E-state index is 0.0555. The number of ether oxygens (including phenoxy) is 1. The van der Waals surface area contributed by atoms with Crippen LogP contribution in [-0.2, 0) is 16.1 Å². The maximum Gasteiger partial charge on any atom is 0.407 e. The standard InChI is InChI=1S/C20H33N9O4/c1-28(2)16-15-17(25-12-24-16)29(13-26-15)10-5-3-4-6-11-33-20(32)27-14(18(30)31)8-7-9-23-19(21)22/h12-14H,3-11H2,1-2H3,(H,27,32)(H,30,31)(H4,21,22,23)/t14-/m1/s1. The van der Waals surface area contributed by atoms with Crippen molar-refractivity contribution in [2.75, 3.05) is 32.1 Å². The highest BCUT2D eigenvalue weighted by Crippen LogP contribution is 2.19. The van der Waals surface area contributed by atoms with Gasteiger partial charge in [-0.15, -0.1) is 0 Å². The number of fused-ring (bicyclic) bond motifs is 1. The summed E-state index contributed by atoms with van der Waals surface area (Å²) >= 11 is 0. The number of unbranched alkanes of at least 4 members (excludes halogenated alkanes) is 3. The first-order valence-corrected chi connectivity index (χ1v) is 10.8. The van der Waals surface area contributed by atoms with Crippen molar-refractivity contribution in [1.82, 2.24) is 24.8 Å². The normalized spacial score (nSPS) is 11.7. The van der Waals surface area contributed by atoms with Crippen molar-refractivity contribution in [3.63, 3.8) is 0 Å². The third-order valence-electron chi connectivity index (χ3n) is 4.87. The lowest BCUT2D eigenvalue weighted by Gasteiger charge is -2.14. The van der Waals surface area contributed by atoms with E-state index in [1.165, 1.54) is 6.33 Å². The van der Waals surface area contributed by atoms with Crippen molar-refractivity contribution < 1.29 is 19.4 Å². The Bertz CT molecular complexity index is 941. The number of carboxylic acid groups (broad SMARTS) is 1. The molecule has 2 aromatic heterocycles. The molecule has 1 atom stereocenters. The summed E-state index contributed by atoms with van der Waals surface area (Å²) in [5.41, 5.74) is 12.0. The number of aryl methyl sites for hydroxylation is 1. The summed E-state index contributed by atoms with van der Waals surface area (Å²) in [7, 11) is 3.83. The molecule has 0 spiro atoms. The number of rotatable bonds is 14. The predicted octanol–water partition coefficient (Wildman–Crippen LogP) is 0.686. The summed E-state index contributed by atoms with van der Waals surface area (Å²) in [5.74, 6) is -0.403. The summed E-state index contributed by atoms with van der Waals surface area (Å²) in [5, 5.41) is 11.6. The van der Waals surface area contributed by atoms with Crippen molar-refractivity contribution in [2.45, 2.75) is 51.1 Å². The first kappa shape index (κ1) is 25.6. The van der Waals surface area contributed by atoms with E-state index in [9.17, 15) is 14.7 Å². The average Bonchev–Trinajstić information content (AvgIpc) is 3.17. The van der Waals surface area contributed by atoms with Crippen LogP contribution < -0.4 is 21.7 Å². The van der Waals surface area contributed by atoms with Crippen LogP contribution in [0.4, 0.5) is 10.6 Å². The van der Waals surface area contributed by atoms with Crippen LogP contribution in [0.1, 0.15) is 38.5 Å². The Balaban J connectivity index is 1.63. The Labute approximate surface area is 192 Å². The number of aliphatic imine (C=N–C) groups is 1. The number of hydrogen-bond acceptors (Lipinski definition) is 8. The van der Waals surface area contributed by atoms with E-state index in [1.807, 2.05) is 23.6 Å². The van der Waals surface area contributed by atoms with Crippen LogP contribution in [0.3, 0.4) is 0 Å². The number of alkyl carbamates (subject to hydrolysis) is 1. The van der Waals surface area contributed by atoms with Gasteiger partial charge in [-0.05, 0) is 32.1 Å². The fourth-order valence-corrected chi connectivity index (χ4v) is 3.21. The zero-order chi connectivity index (χ0) is 24.2. The predicted molar refractivity (Wildman–Crippen MR) is 124 cm³/mol. The monoisotopic (exact) mass is 463 g/mol. The average molecular weight is 464 g/mol. The largest absolute Gasteiger partial charge is 0.480 e. The van der Waals surface area contributed by atoms with Gasteiger partial charge in [-0.1, -0.05) is 6.42 Å². The fraction of sp³-hybridized carbons (Fsp3) is 0.600. The number of carbonyl (C=O) groups excluding carboxylic acids is 1. The molecule has 0 radical (unpaired) electrons. The number of aromatic nitrogens is 4. The molecule has 1 amide bonds. The first-order chi connectivity index (χ1) is 15.8. The van der Waals surface area contributed by atoms with E-state index in [4.69, 9.17) is 16.2 Å². The van der Waals surface area contributed by atoms with Crippen LogP contribution in [0.25, 0.3) is 11.2 Å². The Morgan fingerprint density at radius 2 is 1.94 bits per heavy atom. The third-order valence-corrected chi connectivity index (χ3v) is 4.87. The van der Waals surface area contributed by atoms with E-state index in [0.29, 0.717) is 19.4 Å². The number of amides is 1. The van der Waals surface area contributed by atoms with Gasteiger partial charge in [0, 0.05) is 27.2 Å². The number of imidazole rings is 1. The van der Waals surface area contributed by atoms with Gasteiger partial charge < -0.3 is 36.1 Å². The van der Waals surface area contributed by atoms with E-state index >= 15 is 0 Å². The van der Waals surface area contributed by atoms with Gasteiger partial charge >= 0.3 is 12.1 Å². The summed E-state index contributed by atoms with van der Waals surface area (Å²) in [6.45, 7) is 1.29. The molecule has 0 saturated carbocycles. The molecule has 0 unspecified atom stereocenters. The molecule has 6 N–H and O–H groups in total. The molecule has 0 saturated heterocycles. The lowest BCUT2D eigenvalue weighted by Crippen LogP contribution is -2.41. The third kappa shape index (κ3) is 8.43. The number of anilines is 1. The second-order valence-corrected chi connectivity index (χ2v) is 7.74. The lowest BCUT2D eigenvalue weighted by atomic mass is 10.1. The molecule has 0 bridgehead atoms. The number of carbonyl (C=O) groups is 2. The Hall–Kier alpha value is -3.64. The molecular formula is C20H33N9O4. The minimum atomic E-state index is -1.13. The minimum Gasteiger partial charge on any atom is -0.480 e. The Morgan fingerprint density at radius 1 is 1.18 bits per heavy atom. The van der Waals surface area contributed by atoms with Gasteiger partial charge in [0.2, 0.25) is 0 Å². The number of guanidine groups is 1. The van der Waals surface area contributed by atoms with Crippen molar-refractivity contribution in [3.05, 3.63) is 12.7 Å². The number of nitrogens with one attached hydrogen (secondary N) is 1. The molecule has 2 rings (SSSR count). The maximum absolute atomic E-state index is 11.9. The molecule has 2 heterocycles. The summed E-state index contributed by atoms with van der Waals surface area (Å²) < 4.78 is 7.10. The van der Waals surface area contributed by atoms with E-state index in [-0.39, 0.29) is 19.0 Å². The van der Waals surface area contributed by atoms with E-state index in [1.54, 1.807) is 6.33 Å². The second kappa shape index (κ2) is 13.0. The number of nitrogens with two attached hydrogens (primary N) is 2. The number of hydrogen-bond donors (Lipinski definition) is 4. The van der Waals surface area contributed by atoms with Gasteiger partial charge in [0.05, 0.1) is 12.9 Å². The van der Waals surface area contributed by atoms with E-state index in [2.05, 4.69) is 25.3 Å². The van der Waals surface area contributed by atoms with Gasteiger partial charge in [0.1, 0.15) is 12.4 Å². The molecular weight excluding hydrogens is 430 g/mol. The van der Waals surface area contributed by atoms with Crippen molar-refractivity contribution >= 4 is 35.0 Å². The summed E-state index contributed by atoms with van der Waals surface area (Å²) in [6, 6.07) is -1.05. The molecule has 2 aromatic rings. The van der Waals surface area contributed by atoms with Crippen molar-refractivity contribution in [1.29, 1.82) is 0 Å². The van der Waals surface area contributed by atoms with Crippen LogP contribution >= 0.6 is 0 Å². The van der Waals surface area contributed by atoms with Crippen LogP contribution in [0.2, 0.25) is 0 Å². The SMILES string of the molecule is CN(C)c1ncnc2c1ncn2CCCCCCOC(=O)N[C@H](CCCN=C(N)N)C(=O)O. The number of carboxylic acids is 1. The topological polar surface area (TPSA) is 187 Å². The lowest BCUT2D eigenvalue weighted by molar-refractivity contribution is -0.139. The highest BCUT2D eigenvalue weighted by atomic mass is 16.5. The van der Waals surface area contributed by atoms with Gasteiger partial charge in [-0.25, -0.2) is 24.5 Å². The molecule has 13 nitrogen and oxygen atoms in total. The maximum atomic E-state index is 11.9. The highest BCUT2D eigenvalue weighted by Gasteiger charge is 2.20. The zero-order valence-electron chi connectivity index (χ0n) is 19.1. The molecule has 0 aliphatic rings. The Kier molecular flexibility index (Phi) is 10.1. The number of nitrogens with zero attached hydrogens (tertiary/aromatic N) is 6. The van der Waals surface area contributed by atoms with Gasteiger partial charge in [-0.3, -0.25) is 4.99 Å². The fourth-order valence-electron chi connectivity index (χ4n) is 3.21. The highest BCUT2D eigenvalue weighted by molar-refractivity contribution is 5.83. The van der Waals surface area contributed by atoms with Gasteiger partial charge in [-0.2, -0.15) is 0 Å². The number of aliphatic carboxylic acids is 1.